The third kappa shape index (κ3) is 5.88. The lowest BCUT2D eigenvalue weighted by Gasteiger charge is -2.18. The van der Waals surface area contributed by atoms with Crippen molar-refractivity contribution in [1.29, 1.82) is 0 Å². The van der Waals surface area contributed by atoms with Crippen LogP contribution in [0.1, 0.15) is 12.0 Å². The fraction of sp³-hybridized carbons (Fsp3) is 0.217. The molecule has 1 atom stereocenters. The summed E-state index contributed by atoms with van der Waals surface area (Å²) in [5.74, 6) is -0.822. The maximum absolute atomic E-state index is 12.6. The second-order valence-corrected chi connectivity index (χ2v) is 6.81. The summed E-state index contributed by atoms with van der Waals surface area (Å²) in [5.41, 5.74) is 2.04. The Morgan fingerprint density at radius 2 is 1.67 bits per heavy atom. The molecule has 0 bridgehead atoms. The van der Waals surface area contributed by atoms with E-state index in [1.807, 2.05) is 60.7 Å². The molecule has 7 heteroatoms. The lowest BCUT2D eigenvalue weighted by molar-refractivity contribution is -0.141. The molecule has 0 fully saturated rings. The van der Waals surface area contributed by atoms with Gasteiger partial charge in [0.25, 0.3) is 5.56 Å². The predicted molar refractivity (Wildman–Crippen MR) is 113 cm³/mol. The molecule has 1 N–H and O–H groups in total. The number of nitrogens with one attached hydrogen (secondary N) is 1. The second-order valence-electron chi connectivity index (χ2n) is 6.81. The zero-order chi connectivity index (χ0) is 21.3. The number of hydrogen-bond donors (Lipinski definition) is 1. The Balaban J connectivity index is 1.73. The first-order chi connectivity index (χ1) is 14.5. The minimum Gasteiger partial charge on any atom is -0.469 e. The van der Waals surface area contributed by atoms with E-state index in [2.05, 4.69) is 10.4 Å². The maximum Gasteiger partial charge on any atom is 0.307 e. The van der Waals surface area contributed by atoms with Gasteiger partial charge in [-0.25, -0.2) is 4.68 Å². The van der Waals surface area contributed by atoms with Crippen molar-refractivity contribution in [3.63, 3.8) is 0 Å². The number of esters is 1. The van der Waals surface area contributed by atoms with Gasteiger partial charge in [0.15, 0.2) is 0 Å². The molecule has 1 aromatic heterocycles. The molecule has 3 rings (SSSR count). The van der Waals surface area contributed by atoms with E-state index >= 15 is 0 Å². The smallest absolute Gasteiger partial charge is 0.307 e. The van der Waals surface area contributed by atoms with Crippen LogP contribution in [0.2, 0.25) is 0 Å². The molecular weight excluding hydrogens is 382 g/mol. The van der Waals surface area contributed by atoms with Crippen LogP contribution in [0.15, 0.2) is 77.6 Å². The molecule has 0 aliphatic carbocycles. The molecule has 3 aromatic rings. The summed E-state index contributed by atoms with van der Waals surface area (Å²) < 4.78 is 5.86. The van der Waals surface area contributed by atoms with Gasteiger partial charge < -0.3 is 10.1 Å². The van der Waals surface area contributed by atoms with E-state index in [0.717, 1.165) is 15.8 Å². The lowest BCUT2D eigenvalue weighted by Crippen LogP contribution is -2.41. The molecule has 1 heterocycles. The van der Waals surface area contributed by atoms with Gasteiger partial charge in [-0.1, -0.05) is 60.7 Å². The Morgan fingerprint density at radius 3 is 2.33 bits per heavy atom. The third-order valence-corrected chi connectivity index (χ3v) is 4.56. The van der Waals surface area contributed by atoms with Gasteiger partial charge in [0.05, 0.1) is 19.2 Å². The lowest BCUT2D eigenvalue weighted by atomic mass is 10.0. The highest BCUT2D eigenvalue weighted by atomic mass is 16.5. The van der Waals surface area contributed by atoms with Gasteiger partial charge in [-0.3, -0.25) is 14.4 Å². The van der Waals surface area contributed by atoms with E-state index in [9.17, 15) is 14.4 Å². The van der Waals surface area contributed by atoms with Crippen molar-refractivity contribution in [3.05, 3.63) is 88.7 Å². The van der Waals surface area contributed by atoms with Crippen molar-refractivity contribution in [2.45, 2.75) is 25.4 Å². The Hall–Kier alpha value is -3.74. The molecule has 1 amide bonds. The van der Waals surface area contributed by atoms with E-state index in [1.54, 1.807) is 6.07 Å². The summed E-state index contributed by atoms with van der Waals surface area (Å²) in [6.45, 7) is -0.244. The number of hydrogen-bond acceptors (Lipinski definition) is 5. The molecule has 0 saturated heterocycles. The van der Waals surface area contributed by atoms with Crippen molar-refractivity contribution < 1.29 is 14.3 Å². The van der Waals surface area contributed by atoms with Crippen LogP contribution in [0.3, 0.4) is 0 Å². The van der Waals surface area contributed by atoms with Gasteiger partial charge in [-0.15, -0.1) is 0 Å². The second kappa shape index (κ2) is 10.2. The first-order valence-electron chi connectivity index (χ1n) is 9.59. The largest absolute Gasteiger partial charge is 0.469 e. The number of carbonyl (C=O) groups is 2. The first-order valence-corrected chi connectivity index (χ1v) is 9.59. The molecule has 154 valence electrons. The molecule has 0 unspecified atom stereocenters. The number of rotatable bonds is 8. The molecular formula is C23H23N3O4. The van der Waals surface area contributed by atoms with Crippen LogP contribution in [0.25, 0.3) is 11.3 Å². The maximum atomic E-state index is 12.6. The monoisotopic (exact) mass is 405 g/mol. The molecule has 0 aliphatic heterocycles. The van der Waals surface area contributed by atoms with E-state index < -0.39 is 17.9 Å². The van der Waals surface area contributed by atoms with Gasteiger partial charge in [0.1, 0.15) is 6.54 Å². The van der Waals surface area contributed by atoms with Gasteiger partial charge >= 0.3 is 5.97 Å². The summed E-state index contributed by atoms with van der Waals surface area (Å²) in [4.78, 5) is 36.6. The summed E-state index contributed by atoms with van der Waals surface area (Å²) in [6.07, 6.45) is 0.498. The number of aromatic nitrogens is 2. The summed E-state index contributed by atoms with van der Waals surface area (Å²) >= 11 is 0. The SMILES string of the molecule is COC(=O)C[C@@H](Cc1ccccc1)NC(=O)Cn1nc(-c2ccccc2)ccc1=O. The highest BCUT2D eigenvalue weighted by molar-refractivity contribution is 5.77. The summed E-state index contributed by atoms with van der Waals surface area (Å²) in [5, 5.41) is 7.13. The van der Waals surface area contributed by atoms with E-state index in [0.29, 0.717) is 12.1 Å². The number of benzene rings is 2. The zero-order valence-electron chi connectivity index (χ0n) is 16.7. The van der Waals surface area contributed by atoms with E-state index in [-0.39, 0.29) is 18.5 Å². The fourth-order valence-corrected chi connectivity index (χ4v) is 3.09. The first kappa shape index (κ1) is 21.0. The molecule has 30 heavy (non-hydrogen) atoms. The Kier molecular flexibility index (Phi) is 7.10. The van der Waals surface area contributed by atoms with E-state index in [1.165, 1.54) is 13.2 Å². The molecule has 7 nitrogen and oxygen atoms in total. The van der Waals surface area contributed by atoms with Crippen LogP contribution in [-0.4, -0.2) is 34.8 Å². The summed E-state index contributed by atoms with van der Waals surface area (Å²) in [6, 6.07) is 21.5. The summed E-state index contributed by atoms with van der Waals surface area (Å²) in [7, 11) is 1.31. The van der Waals surface area contributed by atoms with Crippen LogP contribution in [-0.2, 0) is 27.3 Å². The van der Waals surface area contributed by atoms with Crippen molar-refractivity contribution in [2.75, 3.05) is 7.11 Å². The number of methoxy groups -OCH3 is 1. The average Bonchev–Trinajstić information content (AvgIpc) is 2.76. The van der Waals surface area contributed by atoms with Crippen molar-refractivity contribution in [1.82, 2.24) is 15.1 Å². The van der Waals surface area contributed by atoms with Crippen LogP contribution in [0, 0.1) is 0 Å². The van der Waals surface area contributed by atoms with Crippen molar-refractivity contribution >= 4 is 11.9 Å². The predicted octanol–water partition coefficient (Wildman–Crippen LogP) is 2.20. The minimum absolute atomic E-state index is 0.0313. The average molecular weight is 405 g/mol. The Morgan fingerprint density at radius 1 is 1.00 bits per heavy atom. The fourth-order valence-electron chi connectivity index (χ4n) is 3.09. The number of amides is 1. The van der Waals surface area contributed by atoms with Crippen molar-refractivity contribution in [3.8, 4) is 11.3 Å². The van der Waals surface area contributed by atoms with Crippen molar-refractivity contribution in [2.24, 2.45) is 0 Å². The normalized spacial score (nSPS) is 11.5. The highest BCUT2D eigenvalue weighted by Crippen LogP contribution is 2.14. The topological polar surface area (TPSA) is 90.3 Å². The van der Waals surface area contributed by atoms with E-state index in [4.69, 9.17) is 4.74 Å². The molecule has 0 radical (unpaired) electrons. The Labute approximate surface area is 174 Å². The van der Waals surface area contributed by atoms with Crippen LogP contribution in [0.5, 0.6) is 0 Å². The zero-order valence-corrected chi connectivity index (χ0v) is 16.7. The quantitative estimate of drug-likeness (QED) is 0.580. The van der Waals surface area contributed by atoms with Gasteiger partial charge in [-0.05, 0) is 18.1 Å². The van der Waals surface area contributed by atoms with Gasteiger partial charge in [0.2, 0.25) is 5.91 Å². The van der Waals surface area contributed by atoms with Gasteiger partial charge in [-0.2, -0.15) is 5.10 Å². The number of ether oxygens (including phenoxy) is 1. The number of nitrogens with zero attached hydrogens (tertiary/aromatic N) is 2. The number of carbonyl (C=O) groups excluding carboxylic acids is 2. The molecule has 2 aromatic carbocycles. The standard InChI is InChI=1S/C23H23N3O4/c1-30-23(29)15-19(14-17-8-4-2-5-9-17)24-21(27)16-26-22(28)13-12-20(25-26)18-10-6-3-7-11-18/h2-13,19H,14-16H2,1H3,(H,24,27)/t19-/m1/s1. The molecule has 0 spiro atoms. The Bertz CT molecular complexity index is 1050. The van der Waals surface area contributed by atoms with Crippen LogP contribution >= 0.6 is 0 Å². The molecule has 0 aliphatic rings. The minimum atomic E-state index is -0.458. The van der Waals surface area contributed by atoms with Crippen LogP contribution < -0.4 is 10.9 Å². The third-order valence-electron chi connectivity index (χ3n) is 4.56. The van der Waals surface area contributed by atoms with Gasteiger partial charge in [0, 0.05) is 17.7 Å². The molecule has 0 saturated carbocycles. The van der Waals surface area contributed by atoms with Crippen LogP contribution in [0.4, 0.5) is 0 Å². The highest BCUT2D eigenvalue weighted by Gasteiger charge is 2.18.